The Labute approximate surface area is 213 Å². The third-order valence-corrected chi connectivity index (χ3v) is 8.80. The van der Waals surface area contributed by atoms with E-state index in [0.29, 0.717) is 17.9 Å². The Morgan fingerprint density at radius 2 is 1.56 bits per heavy atom. The van der Waals surface area contributed by atoms with Gasteiger partial charge in [0.05, 0.1) is 12.2 Å². The molecular formula is C32H36O4. The van der Waals surface area contributed by atoms with Crippen LogP contribution in [0.25, 0.3) is 10.8 Å². The van der Waals surface area contributed by atoms with Crippen molar-refractivity contribution in [3.05, 3.63) is 71.8 Å². The molecule has 0 heterocycles. The summed E-state index contributed by atoms with van der Waals surface area (Å²) in [4.78, 5) is 12.6. The summed E-state index contributed by atoms with van der Waals surface area (Å²) in [6.45, 7) is 0.920. The van der Waals surface area contributed by atoms with Crippen molar-refractivity contribution in [1.29, 1.82) is 0 Å². The Balaban J connectivity index is 1.33. The van der Waals surface area contributed by atoms with Gasteiger partial charge in [-0.15, -0.1) is 0 Å². The molecule has 0 atom stereocenters. The molecule has 0 aliphatic heterocycles. The molecule has 3 aromatic carbocycles. The molecule has 0 aromatic heterocycles. The quantitative estimate of drug-likeness (QED) is 0.200. The van der Waals surface area contributed by atoms with Crippen LogP contribution in [0.4, 0.5) is 0 Å². The summed E-state index contributed by atoms with van der Waals surface area (Å²) >= 11 is 0. The van der Waals surface area contributed by atoms with E-state index < -0.39 is 0 Å². The van der Waals surface area contributed by atoms with Crippen molar-refractivity contribution < 1.29 is 19.4 Å². The van der Waals surface area contributed by atoms with E-state index in [1.54, 1.807) is 12.1 Å². The van der Waals surface area contributed by atoms with E-state index in [4.69, 9.17) is 14.6 Å². The van der Waals surface area contributed by atoms with E-state index in [1.807, 2.05) is 36.4 Å². The van der Waals surface area contributed by atoms with Crippen molar-refractivity contribution in [1.82, 2.24) is 0 Å². The van der Waals surface area contributed by atoms with Crippen LogP contribution in [-0.4, -0.2) is 24.3 Å². The predicted molar refractivity (Wildman–Crippen MR) is 142 cm³/mol. The van der Waals surface area contributed by atoms with Crippen LogP contribution in [0.15, 0.2) is 60.7 Å². The normalized spacial score (nSPS) is 26.3. The predicted octanol–water partition coefficient (Wildman–Crippen LogP) is 7.07. The van der Waals surface area contributed by atoms with Gasteiger partial charge in [0.2, 0.25) is 0 Å². The number of hydrogen-bond acceptors (Lipinski definition) is 4. The van der Waals surface area contributed by atoms with Crippen molar-refractivity contribution in [3.63, 3.8) is 0 Å². The topological polar surface area (TPSA) is 55.8 Å². The third-order valence-electron chi connectivity index (χ3n) is 8.80. The van der Waals surface area contributed by atoms with Gasteiger partial charge >= 0.3 is 5.97 Å². The molecular weight excluding hydrogens is 448 g/mol. The number of esters is 1. The van der Waals surface area contributed by atoms with E-state index in [9.17, 15) is 4.79 Å². The molecule has 4 heteroatoms. The molecule has 4 aliphatic rings. The molecule has 188 valence electrons. The maximum atomic E-state index is 12.6. The van der Waals surface area contributed by atoms with Gasteiger partial charge in [-0.2, -0.15) is 0 Å². The van der Waals surface area contributed by atoms with E-state index >= 15 is 0 Å². The van der Waals surface area contributed by atoms with Crippen molar-refractivity contribution in [2.75, 3.05) is 13.2 Å². The van der Waals surface area contributed by atoms with Crippen LogP contribution in [0.3, 0.4) is 0 Å². The molecule has 4 fully saturated rings. The van der Waals surface area contributed by atoms with Crippen molar-refractivity contribution in [2.24, 2.45) is 17.8 Å². The number of aliphatic hydroxyl groups excluding tert-OH is 1. The van der Waals surface area contributed by atoms with Crippen LogP contribution in [0.5, 0.6) is 11.5 Å². The Morgan fingerprint density at radius 1 is 0.833 bits per heavy atom. The van der Waals surface area contributed by atoms with Gasteiger partial charge in [-0.25, -0.2) is 4.79 Å². The minimum atomic E-state index is -0.334. The zero-order chi connectivity index (χ0) is 24.5. The summed E-state index contributed by atoms with van der Waals surface area (Å²) in [6, 6.07) is 19.6. The molecule has 0 radical (unpaired) electrons. The summed E-state index contributed by atoms with van der Waals surface area (Å²) in [5.41, 5.74) is 2.12. The number of carbonyl (C=O) groups excluding carboxylic acids is 1. The van der Waals surface area contributed by atoms with E-state index in [2.05, 4.69) is 12.1 Å². The molecule has 4 bridgehead atoms. The van der Waals surface area contributed by atoms with Gasteiger partial charge in [-0.05, 0) is 128 Å². The second-order valence-corrected chi connectivity index (χ2v) is 11.4. The number of unbranched alkanes of at least 4 members (excludes halogenated alkanes) is 2. The van der Waals surface area contributed by atoms with Gasteiger partial charge in [-0.3, -0.25) is 0 Å². The molecule has 0 saturated heterocycles. The first-order valence-electron chi connectivity index (χ1n) is 13.7. The summed E-state index contributed by atoms with van der Waals surface area (Å²) < 4.78 is 12.2. The minimum Gasteiger partial charge on any atom is -0.493 e. The highest BCUT2D eigenvalue weighted by atomic mass is 16.5. The van der Waals surface area contributed by atoms with Crippen LogP contribution in [-0.2, 0) is 5.41 Å². The Hall–Kier alpha value is -2.85. The van der Waals surface area contributed by atoms with Gasteiger partial charge in [0.25, 0.3) is 0 Å². The third kappa shape index (κ3) is 4.64. The second kappa shape index (κ2) is 9.89. The standard InChI is InChI=1S/C32H36O4/c33-11-5-2-6-12-35-30-18-26-9-10-28(36-31(34)25-7-3-1-4-8-25)16-27(26)17-29(30)32-19-22-13-23(20-32)15-24(14-22)21-32/h1,3-4,7-10,16-18,22-24,33H,2,5-6,11-15,19-21H2. The maximum absolute atomic E-state index is 12.6. The smallest absolute Gasteiger partial charge is 0.343 e. The van der Waals surface area contributed by atoms with Gasteiger partial charge in [0.15, 0.2) is 0 Å². The molecule has 4 nitrogen and oxygen atoms in total. The summed E-state index contributed by atoms with van der Waals surface area (Å²) in [5.74, 6) is 3.82. The zero-order valence-corrected chi connectivity index (χ0v) is 21.0. The number of fused-ring (bicyclic) bond motifs is 1. The number of aliphatic hydroxyl groups is 1. The average Bonchev–Trinajstić information content (AvgIpc) is 2.88. The average molecular weight is 485 g/mol. The molecule has 0 spiro atoms. The first-order valence-corrected chi connectivity index (χ1v) is 13.7. The number of benzene rings is 3. The Morgan fingerprint density at radius 3 is 2.25 bits per heavy atom. The molecule has 7 rings (SSSR count). The summed E-state index contributed by atoms with van der Waals surface area (Å²) in [7, 11) is 0. The fraction of sp³-hybridized carbons (Fsp3) is 0.469. The van der Waals surface area contributed by atoms with Crippen molar-refractivity contribution in [3.8, 4) is 11.5 Å². The highest BCUT2D eigenvalue weighted by Crippen LogP contribution is 2.62. The van der Waals surface area contributed by atoms with Gasteiger partial charge < -0.3 is 14.6 Å². The highest BCUT2D eigenvalue weighted by molar-refractivity contribution is 5.92. The van der Waals surface area contributed by atoms with E-state index in [1.165, 1.54) is 44.1 Å². The largest absolute Gasteiger partial charge is 0.493 e. The lowest BCUT2D eigenvalue weighted by atomic mass is 9.48. The molecule has 36 heavy (non-hydrogen) atoms. The number of hydrogen-bond donors (Lipinski definition) is 1. The summed E-state index contributed by atoms with van der Waals surface area (Å²) in [6.07, 6.45) is 10.8. The fourth-order valence-electron chi connectivity index (χ4n) is 7.61. The fourth-order valence-corrected chi connectivity index (χ4v) is 7.61. The molecule has 3 aromatic rings. The number of carbonyl (C=O) groups is 1. The Kier molecular flexibility index (Phi) is 6.47. The van der Waals surface area contributed by atoms with Gasteiger partial charge in [0, 0.05) is 12.2 Å². The van der Waals surface area contributed by atoms with E-state index in [0.717, 1.165) is 53.5 Å². The monoisotopic (exact) mass is 484 g/mol. The first-order chi connectivity index (χ1) is 17.6. The van der Waals surface area contributed by atoms with Gasteiger partial charge in [-0.1, -0.05) is 24.3 Å². The van der Waals surface area contributed by atoms with Gasteiger partial charge in [0.1, 0.15) is 11.5 Å². The maximum Gasteiger partial charge on any atom is 0.343 e. The number of rotatable bonds is 9. The lowest BCUT2D eigenvalue weighted by Gasteiger charge is -2.57. The zero-order valence-electron chi connectivity index (χ0n) is 21.0. The van der Waals surface area contributed by atoms with Crippen LogP contribution >= 0.6 is 0 Å². The molecule has 0 amide bonds. The lowest BCUT2D eigenvalue weighted by molar-refractivity contribution is -0.00633. The SMILES string of the molecule is O=C(Oc1ccc2cc(OCCCCCO)c(C34CC5CC(CC(C5)C3)C4)cc2c1)c1ccccc1. The van der Waals surface area contributed by atoms with Crippen molar-refractivity contribution in [2.45, 2.75) is 63.2 Å². The molecule has 0 unspecified atom stereocenters. The van der Waals surface area contributed by atoms with E-state index in [-0.39, 0.29) is 18.0 Å². The van der Waals surface area contributed by atoms with Crippen LogP contribution < -0.4 is 9.47 Å². The summed E-state index contributed by atoms with van der Waals surface area (Å²) in [5, 5.41) is 11.3. The molecule has 4 aliphatic carbocycles. The molecule has 4 saturated carbocycles. The lowest BCUT2D eigenvalue weighted by Crippen LogP contribution is -2.48. The molecule has 1 N–H and O–H groups in total. The number of ether oxygens (including phenoxy) is 2. The van der Waals surface area contributed by atoms with Crippen molar-refractivity contribution >= 4 is 16.7 Å². The van der Waals surface area contributed by atoms with Crippen LogP contribution in [0.2, 0.25) is 0 Å². The Bertz CT molecular complexity index is 1200. The second-order valence-electron chi connectivity index (χ2n) is 11.4. The first kappa shape index (κ1) is 23.5. The highest BCUT2D eigenvalue weighted by Gasteiger charge is 2.52. The van der Waals surface area contributed by atoms with Crippen LogP contribution in [0.1, 0.15) is 73.7 Å². The van der Waals surface area contributed by atoms with Crippen LogP contribution in [0, 0.1) is 17.8 Å². The minimum absolute atomic E-state index is 0.208.